The molecule has 0 amide bonds. The Morgan fingerprint density at radius 3 is 1.67 bits per heavy atom. The molecule has 0 spiro atoms. The number of para-hydroxylation sites is 1. The number of nitrogens with zero attached hydrogens (tertiary/aromatic N) is 4. The molecule has 0 aliphatic heterocycles. The summed E-state index contributed by atoms with van der Waals surface area (Å²) in [5.74, 6) is 2.30. The number of unbranched alkanes of at least 4 members (excludes halogenated alkanes) is 1. The third kappa shape index (κ3) is 6.57. The summed E-state index contributed by atoms with van der Waals surface area (Å²) in [4.78, 5) is 0. The molecule has 5 aromatic carbocycles. The molecule has 0 saturated carbocycles. The van der Waals surface area contributed by atoms with E-state index in [4.69, 9.17) is 0 Å². The van der Waals surface area contributed by atoms with Crippen molar-refractivity contribution in [3.63, 3.8) is 0 Å². The van der Waals surface area contributed by atoms with E-state index in [1.54, 1.807) is 0 Å². The van der Waals surface area contributed by atoms with Gasteiger partial charge in [0.1, 0.15) is 0 Å². The SMILES string of the molecule is CCCCc1ccc2c(c1)c1cc(CCCc3ccc(-c4nnc(-c5ccc(C)cc5)n4-c4ccccc4)cc3)ccc1n2CC(C)C. The van der Waals surface area contributed by atoms with E-state index < -0.39 is 0 Å². The summed E-state index contributed by atoms with van der Waals surface area (Å²) in [5, 5.41) is 12.2. The lowest BCUT2D eigenvalue weighted by molar-refractivity contribution is 0.545. The summed E-state index contributed by atoms with van der Waals surface area (Å²) >= 11 is 0. The Hall–Kier alpha value is -4.96. The average molecular weight is 631 g/mol. The molecule has 0 unspecified atom stereocenters. The van der Waals surface area contributed by atoms with Crippen LogP contribution in [0.2, 0.25) is 0 Å². The number of benzene rings is 5. The van der Waals surface area contributed by atoms with Crippen molar-refractivity contribution in [1.29, 1.82) is 0 Å². The van der Waals surface area contributed by atoms with E-state index in [1.165, 1.54) is 56.9 Å². The fourth-order valence-electron chi connectivity index (χ4n) is 6.95. The van der Waals surface area contributed by atoms with E-state index >= 15 is 0 Å². The number of hydrogen-bond acceptors (Lipinski definition) is 2. The highest BCUT2D eigenvalue weighted by atomic mass is 15.3. The summed E-state index contributed by atoms with van der Waals surface area (Å²) in [5.41, 5.74) is 11.3. The molecule has 2 heterocycles. The van der Waals surface area contributed by atoms with Gasteiger partial charge in [0.25, 0.3) is 0 Å². The highest BCUT2D eigenvalue weighted by Crippen LogP contribution is 2.33. The first-order valence-corrected chi connectivity index (χ1v) is 17.7. The first-order chi connectivity index (χ1) is 23.5. The van der Waals surface area contributed by atoms with Crippen molar-refractivity contribution in [3.8, 4) is 28.5 Å². The van der Waals surface area contributed by atoms with Crippen molar-refractivity contribution in [2.45, 2.75) is 72.8 Å². The zero-order chi connectivity index (χ0) is 33.0. The number of rotatable bonds is 12. The van der Waals surface area contributed by atoms with Crippen LogP contribution in [0.5, 0.6) is 0 Å². The van der Waals surface area contributed by atoms with Gasteiger partial charge in [0.15, 0.2) is 11.6 Å². The maximum absolute atomic E-state index is 4.69. The molecule has 0 fully saturated rings. The van der Waals surface area contributed by atoms with Crippen molar-refractivity contribution in [3.05, 3.63) is 138 Å². The van der Waals surface area contributed by atoms with E-state index in [1.807, 2.05) is 6.07 Å². The molecule has 0 N–H and O–H groups in total. The van der Waals surface area contributed by atoms with E-state index in [-0.39, 0.29) is 0 Å². The molecule has 242 valence electrons. The van der Waals surface area contributed by atoms with Crippen LogP contribution < -0.4 is 0 Å². The summed E-state index contributed by atoms with van der Waals surface area (Å²) < 4.78 is 4.70. The van der Waals surface area contributed by atoms with Crippen LogP contribution >= 0.6 is 0 Å². The zero-order valence-electron chi connectivity index (χ0n) is 28.8. The van der Waals surface area contributed by atoms with Crippen molar-refractivity contribution in [2.75, 3.05) is 0 Å². The molecule has 0 radical (unpaired) electrons. The lowest BCUT2D eigenvalue weighted by atomic mass is 10.0. The topological polar surface area (TPSA) is 35.6 Å². The van der Waals surface area contributed by atoms with Crippen molar-refractivity contribution < 1.29 is 0 Å². The first kappa shape index (κ1) is 31.6. The van der Waals surface area contributed by atoms with E-state index in [9.17, 15) is 0 Å². The van der Waals surface area contributed by atoms with Gasteiger partial charge >= 0.3 is 0 Å². The third-order valence-electron chi connectivity index (χ3n) is 9.49. The quantitative estimate of drug-likeness (QED) is 0.135. The van der Waals surface area contributed by atoms with Crippen LogP contribution in [0.15, 0.2) is 115 Å². The Morgan fingerprint density at radius 1 is 0.583 bits per heavy atom. The standard InChI is InChI=1S/C44H46N4/c1-5-6-11-34-20-26-41-39(28-34)40-29-35(21-27-42(40)47(41)30-31(2)3)13-10-12-33-18-24-37(25-19-33)44-46-45-43(36-22-16-32(4)17-23-36)48(44)38-14-8-7-9-15-38/h7-9,14-29,31H,5-6,10-13,30H2,1-4H3. The zero-order valence-corrected chi connectivity index (χ0v) is 28.8. The molecular formula is C44H46N4. The molecule has 0 atom stereocenters. The minimum absolute atomic E-state index is 0.597. The largest absolute Gasteiger partial charge is 0.340 e. The first-order valence-electron chi connectivity index (χ1n) is 17.7. The van der Waals surface area contributed by atoms with Gasteiger partial charge in [0.05, 0.1) is 0 Å². The van der Waals surface area contributed by atoms with Crippen LogP contribution in [0.3, 0.4) is 0 Å². The maximum Gasteiger partial charge on any atom is 0.168 e. The third-order valence-corrected chi connectivity index (χ3v) is 9.49. The average Bonchev–Trinajstić information content (AvgIpc) is 3.68. The number of hydrogen-bond donors (Lipinski definition) is 0. The lowest BCUT2D eigenvalue weighted by Crippen LogP contribution is -2.03. The Morgan fingerprint density at radius 2 is 1.10 bits per heavy atom. The molecule has 2 aromatic heterocycles. The predicted molar refractivity (Wildman–Crippen MR) is 202 cm³/mol. The monoisotopic (exact) mass is 630 g/mol. The van der Waals surface area contributed by atoms with E-state index in [0.29, 0.717) is 5.92 Å². The fraction of sp³-hybridized carbons (Fsp3) is 0.273. The van der Waals surface area contributed by atoms with Gasteiger partial charge in [-0.05, 0) is 98.0 Å². The van der Waals surface area contributed by atoms with Gasteiger partial charge in [-0.25, -0.2) is 0 Å². The van der Waals surface area contributed by atoms with E-state index in [0.717, 1.165) is 60.7 Å². The molecule has 0 saturated heterocycles. The van der Waals surface area contributed by atoms with Gasteiger partial charge in [-0.3, -0.25) is 4.57 Å². The lowest BCUT2D eigenvalue weighted by Gasteiger charge is -2.11. The van der Waals surface area contributed by atoms with Gasteiger partial charge in [-0.1, -0.05) is 112 Å². The van der Waals surface area contributed by atoms with Gasteiger partial charge in [0, 0.05) is 45.2 Å². The molecular weight excluding hydrogens is 585 g/mol. The van der Waals surface area contributed by atoms with Gasteiger partial charge in [0.2, 0.25) is 0 Å². The molecule has 48 heavy (non-hydrogen) atoms. The second-order valence-corrected chi connectivity index (χ2v) is 13.7. The van der Waals surface area contributed by atoms with Crippen LogP contribution in [-0.2, 0) is 25.8 Å². The van der Waals surface area contributed by atoms with E-state index in [2.05, 4.69) is 156 Å². The summed E-state index contributed by atoms with van der Waals surface area (Å²) in [6.45, 7) is 10.0. The molecule has 0 aliphatic rings. The minimum Gasteiger partial charge on any atom is -0.340 e. The molecule has 0 bridgehead atoms. The van der Waals surface area contributed by atoms with Crippen LogP contribution in [-0.4, -0.2) is 19.3 Å². The highest BCUT2D eigenvalue weighted by Gasteiger charge is 2.17. The van der Waals surface area contributed by atoms with Crippen LogP contribution in [0, 0.1) is 12.8 Å². The second kappa shape index (κ2) is 14.0. The van der Waals surface area contributed by atoms with Crippen molar-refractivity contribution >= 4 is 21.8 Å². The van der Waals surface area contributed by atoms with Crippen molar-refractivity contribution in [1.82, 2.24) is 19.3 Å². The minimum atomic E-state index is 0.597. The molecule has 7 rings (SSSR count). The van der Waals surface area contributed by atoms with Crippen LogP contribution in [0.1, 0.15) is 62.3 Å². The molecule has 0 aliphatic carbocycles. The smallest absolute Gasteiger partial charge is 0.168 e. The summed E-state index contributed by atoms with van der Waals surface area (Å²) in [6.07, 6.45) is 6.82. The Balaban J connectivity index is 1.10. The van der Waals surface area contributed by atoms with Crippen molar-refractivity contribution in [2.24, 2.45) is 5.92 Å². The number of aryl methyl sites for hydroxylation is 4. The van der Waals surface area contributed by atoms with Crippen LogP contribution in [0.25, 0.3) is 50.3 Å². The normalized spacial score (nSPS) is 11.7. The molecule has 4 nitrogen and oxygen atoms in total. The fourth-order valence-corrected chi connectivity index (χ4v) is 6.95. The summed E-state index contributed by atoms with van der Waals surface area (Å²) in [6, 6.07) is 42.1. The number of aromatic nitrogens is 4. The van der Waals surface area contributed by atoms with Gasteiger partial charge in [-0.15, -0.1) is 10.2 Å². The Bertz CT molecular complexity index is 2130. The number of fused-ring (bicyclic) bond motifs is 3. The maximum atomic E-state index is 4.69. The Labute approximate surface area is 285 Å². The molecule has 7 aromatic rings. The van der Waals surface area contributed by atoms with Gasteiger partial charge < -0.3 is 4.57 Å². The van der Waals surface area contributed by atoms with Crippen LogP contribution in [0.4, 0.5) is 0 Å². The Kier molecular flexibility index (Phi) is 9.25. The van der Waals surface area contributed by atoms with Gasteiger partial charge in [-0.2, -0.15) is 0 Å². The predicted octanol–water partition coefficient (Wildman–Crippen LogP) is 11.2. The second-order valence-electron chi connectivity index (χ2n) is 13.7. The summed E-state index contributed by atoms with van der Waals surface area (Å²) in [7, 11) is 0. The highest BCUT2D eigenvalue weighted by molar-refractivity contribution is 6.08. The molecule has 4 heteroatoms.